The fraction of sp³-hybridized carbons (Fsp3) is 0.447. The van der Waals surface area contributed by atoms with E-state index in [1.807, 2.05) is 42.2 Å². The van der Waals surface area contributed by atoms with Crippen molar-refractivity contribution in [3.05, 3.63) is 105 Å². The van der Waals surface area contributed by atoms with Gasteiger partial charge in [-0.15, -0.1) is 0 Å². The molecule has 0 saturated carbocycles. The van der Waals surface area contributed by atoms with E-state index in [9.17, 15) is 24.8 Å². The SMILES string of the molecule is COCOc1c(OC)c(C)cc2c1[C@@H]1N[C@H](C2)[C@H](C#N)N2C1CC1(O)C(=O)C(C)=C3OCOC3=C1[C@@H]2COC(=O)[C@@H](CSCC1c2ccccc2-c2ccccc21)NC(=O)OCC(Cl)(Cl)Cl. The lowest BCUT2D eigenvalue weighted by Crippen LogP contribution is -2.74. The molecule has 3 N–H and O–H groups in total. The van der Waals surface area contributed by atoms with Gasteiger partial charge in [0.2, 0.25) is 10.6 Å². The molecule has 4 heterocycles. The molecule has 1 amide bonds. The quantitative estimate of drug-likeness (QED) is 0.0985. The minimum atomic E-state index is -2.17. The van der Waals surface area contributed by atoms with Crippen molar-refractivity contribution < 1.29 is 52.6 Å². The molecule has 3 saturated heterocycles. The lowest BCUT2D eigenvalue weighted by atomic mass is 9.65. The number of amides is 1. The van der Waals surface area contributed by atoms with E-state index in [1.165, 1.54) is 18.9 Å². The minimum absolute atomic E-state index is 0.00772. The van der Waals surface area contributed by atoms with Crippen LogP contribution in [0.3, 0.4) is 0 Å². The average molecular weight is 982 g/mol. The fourth-order valence-electron chi connectivity index (χ4n) is 10.6. The van der Waals surface area contributed by atoms with Crippen molar-refractivity contribution in [3.8, 4) is 28.7 Å². The minimum Gasteiger partial charge on any atom is -0.493 e. The fourth-order valence-corrected chi connectivity index (χ4v) is 12.0. The Kier molecular flexibility index (Phi) is 13.0. The number of carbonyl (C=O) groups is 3. The molecule has 7 atom stereocenters. The topological polar surface area (TPSA) is 187 Å². The van der Waals surface area contributed by atoms with Crippen molar-refractivity contribution in [2.45, 2.75) is 78.3 Å². The number of nitrogens with zero attached hydrogens (tertiary/aromatic N) is 2. The van der Waals surface area contributed by atoms with Gasteiger partial charge in [-0.3, -0.25) is 9.69 Å². The number of alkyl carbamates (subject to hydrolysis) is 1. The maximum Gasteiger partial charge on any atom is 0.408 e. The van der Waals surface area contributed by atoms with Gasteiger partial charge >= 0.3 is 12.1 Å². The second kappa shape index (κ2) is 18.4. The van der Waals surface area contributed by atoms with Gasteiger partial charge < -0.3 is 48.9 Å². The maximum absolute atomic E-state index is 14.5. The number of nitriles is 1. The van der Waals surface area contributed by atoms with Crippen molar-refractivity contribution in [2.24, 2.45) is 0 Å². The summed E-state index contributed by atoms with van der Waals surface area (Å²) in [6.45, 7) is 2.10. The van der Waals surface area contributed by atoms with Crippen LogP contribution in [-0.4, -0.2) is 120 Å². The Morgan fingerprint density at radius 2 is 1.76 bits per heavy atom. The first-order chi connectivity index (χ1) is 31.7. The zero-order chi connectivity index (χ0) is 46.7. The number of ether oxygens (including phenoxy) is 7. The van der Waals surface area contributed by atoms with Crippen LogP contribution in [0.5, 0.6) is 11.5 Å². The number of hydrogen-bond acceptors (Lipinski definition) is 15. The third kappa shape index (κ3) is 8.15. The highest BCUT2D eigenvalue weighted by molar-refractivity contribution is 7.99. The molecule has 0 radical (unpaired) electrons. The Morgan fingerprint density at radius 1 is 1.06 bits per heavy atom. The van der Waals surface area contributed by atoms with Gasteiger partial charge in [0.05, 0.1) is 25.3 Å². The number of esters is 1. The number of aliphatic hydroxyl groups is 1. The molecule has 348 valence electrons. The summed E-state index contributed by atoms with van der Waals surface area (Å²) < 4.78 is 38.7. The molecule has 19 heteroatoms. The summed E-state index contributed by atoms with van der Waals surface area (Å²) in [5, 5.41) is 30.2. The van der Waals surface area contributed by atoms with Crippen molar-refractivity contribution >= 4 is 64.4 Å². The van der Waals surface area contributed by atoms with Crippen LogP contribution in [0.1, 0.15) is 53.1 Å². The molecule has 0 spiro atoms. The van der Waals surface area contributed by atoms with Crippen molar-refractivity contribution in [2.75, 3.05) is 52.5 Å². The van der Waals surface area contributed by atoms with E-state index in [0.717, 1.165) is 38.9 Å². The molecular formula is C47H47Cl3N4O11S. The van der Waals surface area contributed by atoms with Gasteiger partial charge in [-0.05, 0) is 53.6 Å². The van der Waals surface area contributed by atoms with E-state index < -0.39 is 76.7 Å². The van der Waals surface area contributed by atoms with E-state index in [0.29, 0.717) is 23.7 Å². The van der Waals surface area contributed by atoms with E-state index in [-0.39, 0.29) is 54.3 Å². The molecule has 0 aromatic heterocycles. The Labute approximate surface area is 400 Å². The number of fused-ring (bicyclic) bond motifs is 11. The highest BCUT2D eigenvalue weighted by Crippen LogP contribution is 2.55. The third-order valence-corrected chi connectivity index (χ3v) is 14.7. The molecule has 3 aromatic rings. The number of thioether (sulfide) groups is 1. The molecule has 2 bridgehead atoms. The van der Waals surface area contributed by atoms with Crippen LogP contribution in [0.4, 0.5) is 4.79 Å². The van der Waals surface area contributed by atoms with Crippen LogP contribution in [0.25, 0.3) is 11.1 Å². The van der Waals surface area contributed by atoms with Gasteiger partial charge in [-0.25, -0.2) is 9.59 Å². The number of piperazine rings is 1. The van der Waals surface area contributed by atoms with E-state index in [4.69, 9.17) is 68.0 Å². The lowest BCUT2D eigenvalue weighted by molar-refractivity contribution is -0.153. The Morgan fingerprint density at radius 3 is 2.42 bits per heavy atom. The Bertz CT molecular complexity index is 2540. The standard InChI is InChI=1S/C47H47Cl3N4O11S/c1-23-13-25-14-31-34(16-51)54-33(38(52-31)36(25)41(39(23)60-4)63-21-59-3)15-46(58)37(42-40(64-22-65-42)24(2)43(46)55)35(54)17-61-44(56)32(53-45(57)62-20-47(48,49)50)19-66-18-30-28-11-7-5-9-26(28)27-10-6-8-12-29(27)30/h5-13,30-35,38,52,58H,14-15,17-22H2,1-4H3,(H,53,57)/t31-,32-,33?,34+,35+,38-,46?/m1/s1. The summed E-state index contributed by atoms with van der Waals surface area (Å²) in [5.41, 5.74) is 5.15. The van der Waals surface area contributed by atoms with Crippen molar-refractivity contribution in [1.82, 2.24) is 15.5 Å². The number of ketones is 1. The van der Waals surface area contributed by atoms with Gasteiger partial charge in [0.15, 0.2) is 41.2 Å². The second-order valence-corrected chi connectivity index (χ2v) is 20.6. The number of aryl methyl sites for hydroxylation is 1. The van der Waals surface area contributed by atoms with Crippen LogP contribution >= 0.6 is 46.6 Å². The molecule has 4 aliphatic heterocycles. The molecule has 66 heavy (non-hydrogen) atoms. The number of carbonyl (C=O) groups excluding carboxylic acids is 3. The second-order valence-electron chi connectivity index (χ2n) is 17.0. The molecule has 3 fully saturated rings. The predicted molar refractivity (Wildman–Crippen MR) is 244 cm³/mol. The lowest BCUT2D eigenvalue weighted by Gasteiger charge is -2.59. The number of alkyl halides is 3. The van der Waals surface area contributed by atoms with Crippen molar-refractivity contribution in [1.29, 1.82) is 5.26 Å². The average Bonchev–Trinajstić information content (AvgIpc) is 3.91. The van der Waals surface area contributed by atoms with Gasteiger partial charge in [0, 0.05) is 59.7 Å². The predicted octanol–water partition coefficient (Wildman–Crippen LogP) is 6.29. The number of rotatable bonds is 13. The molecule has 2 aliphatic carbocycles. The first-order valence-corrected chi connectivity index (χ1v) is 23.6. The summed E-state index contributed by atoms with van der Waals surface area (Å²) in [6, 6.07) is 15.7. The zero-order valence-corrected chi connectivity index (χ0v) is 39.4. The summed E-state index contributed by atoms with van der Waals surface area (Å²) in [6.07, 6.45) is -0.788. The summed E-state index contributed by atoms with van der Waals surface area (Å²) in [4.78, 5) is 44.1. The van der Waals surface area contributed by atoms with E-state index >= 15 is 0 Å². The van der Waals surface area contributed by atoms with Crippen LogP contribution in [0.2, 0.25) is 0 Å². The van der Waals surface area contributed by atoms with Crippen LogP contribution in [0.15, 0.2) is 77.3 Å². The molecule has 9 rings (SSSR count). The molecule has 3 aromatic carbocycles. The van der Waals surface area contributed by atoms with E-state index in [2.05, 4.69) is 41.0 Å². The molecule has 15 nitrogen and oxygen atoms in total. The zero-order valence-electron chi connectivity index (χ0n) is 36.4. The van der Waals surface area contributed by atoms with Gasteiger partial charge in [0.1, 0.15) is 25.3 Å². The molecule has 6 aliphatic rings. The van der Waals surface area contributed by atoms with Crippen molar-refractivity contribution in [3.63, 3.8) is 0 Å². The Balaban J connectivity index is 1.06. The van der Waals surface area contributed by atoms with Crippen LogP contribution in [-0.2, 0) is 39.7 Å². The first-order valence-electron chi connectivity index (χ1n) is 21.4. The largest absolute Gasteiger partial charge is 0.493 e. The monoisotopic (exact) mass is 980 g/mol. The number of hydrogen-bond donors (Lipinski definition) is 3. The number of nitrogens with one attached hydrogen (secondary N) is 2. The number of piperidine rings is 1. The number of halogens is 3. The highest BCUT2D eigenvalue weighted by atomic mass is 35.6. The number of methoxy groups -OCH3 is 2. The summed E-state index contributed by atoms with van der Waals surface area (Å²) >= 11 is 19.1. The maximum atomic E-state index is 14.5. The summed E-state index contributed by atoms with van der Waals surface area (Å²) in [5.74, 6) is 0.391. The summed E-state index contributed by atoms with van der Waals surface area (Å²) in [7, 11) is 3.05. The van der Waals surface area contributed by atoms with Gasteiger partial charge in [-0.1, -0.05) is 89.4 Å². The molecule has 2 unspecified atom stereocenters. The number of benzene rings is 3. The first kappa shape index (κ1) is 46.4. The van der Waals surface area contributed by atoms with Crippen LogP contribution < -0.4 is 20.1 Å². The van der Waals surface area contributed by atoms with Crippen LogP contribution in [0, 0.1) is 18.3 Å². The molecular weight excluding hydrogens is 935 g/mol. The smallest absolute Gasteiger partial charge is 0.408 e. The van der Waals surface area contributed by atoms with Gasteiger partial charge in [0.25, 0.3) is 0 Å². The van der Waals surface area contributed by atoms with E-state index in [1.54, 1.807) is 14.0 Å². The third-order valence-electron chi connectivity index (χ3n) is 13.2. The van der Waals surface area contributed by atoms with Gasteiger partial charge in [-0.2, -0.15) is 17.0 Å². The Hall–Kier alpha value is -4.70. The normalized spacial score (nSPS) is 25.4. The number of Topliss-reactive ketones (excluding diaryl/α,β-unsaturated/α-hetero) is 1. The highest BCUT2D eigenvalue weighted by Gasteiger charge is 2.63.